The Hall–Kier alpha value is -3.07. The molecule has 6 heteroatoms. The van der Waals surface area contributed by atoms with Crippen LogP contribution in [-0.4, -0.2) is 22.2 Å². The molecule has 3 rings (SSSR count). The molecule has 6 nitrogen and oxygen atoms in total. The normalized spacial score (nSPS) is 19.0. The highest BCUT2D eigenvalue weighted by molar-refractivity contribution is 5.66. The van der Waals surface area contributed by atoms with Crippen molar-refractivity contribution in [1.82, 2.24) is 10.3 Å². The van der Waals surface area contributed by atoms with Crippen LogP contribution in [0.3, 0.4) is 0 Å². The summed E-state index contributed by atoms with van der Waals surface area (Å²) in [5.74, 6) is 0.891. The van der Waals surface area contributed by atoms with Crippen molar-refractivity contribution in [3.63, 3.8) is 0 Å². The molecule has 1 amide bonds. The second kappa shape index (κ2) is 5.74. The molecular formula is C16H14N4O2. The summed E-state index contributed by atoms with van der Waals surface area (Å²) in [6.45, 7) is 0. The molecule has 1 aromatic carbocycles. The Morgan fingerprint density at radius 1 is 1.36 bits per heavy atom. The first-order valence-corrected chi connectivity index (χ1v) is 6.88. The summed E-state index contributed by atoms with van der Waals surface area (Å²) >= 11 is 0. The minimum atomic E-state index is -0.990. The van der Waals surface area contributed by atoms with Crippen molar-refractivity contribution < 1.29 is 9.90 Å². The molecule has 0 radical (unpaired) electrons. The molecule has 2 unspecified atom stereocenters. The molecule has 1 aliphatic rings. The van der Waals surface area contributed by atoms with Gasteiger partial charge in [-0.2, -0.15) is 5.26 Å². The van der Waals surface area contributed by atoms with Gasteiger partial charge in [-0.25, -0.2) is 9.78 Å². The molecule has 1 aromatic heterocycles. The van der Waals surface area contributed by atoms with Crippen molar-refractivity contribution in [2.45, 2.75) is 18.4 Å². The van der Waals surface area contributed by atoms with Crippen molar-refractivity contribution in [3.05, 3.63) is 53.7 Å². The zero-order chi connectivity index (χ0) is 15.5. The van der Waals surface area contributed by atoms with Crippen LogP contribution in [0.5, 0.6) is 0 Å². The monoisotopic (exact) mass is 294 g/mol. The van der Waals surface area contributed by atoms with Gasteiger partial charge >= 0.3 is 6.09 Å². The third-order valence-electron chi connectivity index (χ3n) is 3.58. The fourth-order valence-electron chi connectivity index (χ4n) is 2.39. The largest absolute Gasteiger partial charge is 0.465 e. The van der Waals surface area contributed by atoms with Crippen LogP contribution in [0.1, 0.15) is 23.5 Å². The maximum atomic E-state index is 10.6. The zero-order valence-electron chi connectivity index (χ0n) is 11.7. The molecule has 0 bridgehead atoms. The number of nitrogens with zero attached hydrogens (tertiary/aromatic N) is 2. The highest BCUT2D eigenvalue weighted by Gasteiger charge is 2.39. The van der Waals surface area contributed by atoms with E-state index in [1.54, 1.807) is 18.3 Å². The number of aromatic nitrogens is 1. The van der Waals surface area contributed by atoms with E-state index < -0.39 is 6.09 Å². The summed E-state index contributed by atoms with van der Waals surface area (Å²) in [5, 5.41) is 23.2. The molecular weight excluding hydrogens is 280 g/mol. The van der Waals surface area contributed by atoms with Crippen molar-refractivity contribution in [3.8, 4) is 6.07 Å². The molecule has 0 saturated heterocycles. The number of hydrogen-bond donors (Lipinski definition) is 3. The van der Waals surface area contributed by atoms with Gasteiger partial charge < -0.3 is 15.7 Å². The number of anilines is 2. The first kappa shape index (κ1) is 13.9. The van der Waals surface area contributed by atoms with Crippen molar-refractivity contribution in [1.29, 1.82) is 5.26 Å². The van der Waals surface area contributed by atoms with Crippen LogP contribution in [0.4, 0.5) is 16.3 Å². The number of benzene rings is 1. The number of pyridine rings is 1. The molecule has 110 valence electrons. The van der Waals surface area contributed by atoms with E-state index in [0.717, 1.165) is 17.7 Å². The summed E-state index contributed by atoms with van der Waals surface area (Å²) in [6.07, 6.45) is 1.58. The van der Waals surface area contributed by atoms with Gasteiger partial charge in [-0.15, -0.1) is 0 Å². The Balaban J connectivity index is 1.65. The van der Waals surface area contributed by atoms with Gasteiger partial charge in [-0.3, -0.25) is 0 Å². The van der Waals surface area contributed by atoms with Gasteiger partial charge in [-0.05, 0) is 36.2 Å². The number of carbonyl (C=O) groups is 1. The van der Waals surface area contributed by atoms with Gasteiger partial charge in [0.15, 0.2) is 0 Å². The predicted molar refractivity (Wildman–Crippen MR) is 81.0 cm³/mol. The topological polar surface area (TPSA) is 98.0 Å². The van der Waals surface area contributed by atoms with E-state index in [1.807, 2.05) is 24.3 Å². The van der Waals surface area contributed by atoms with Crippen LogP contribution in [0.2, 0.25) is 0 Å². The van der Waals surface area contributed by atoms with Gasteiger partial charge in [0.25, 0.3) is 0 Å². The lowest BCUT2D eigenvalue weighted by Gasteiger charge is -2.07. The molecule has 3 N–H and O–H groups in total. The van der Waals surface area contributed by atoms with E-state index in [2.05, 4.69) is 21.7 Å². The standard InChI is InChI=1S/C16H14N4O2/c17-8-10-2-1-3-12(6-10)19-15-5-4-11(9-18-15)13-7-14(13)20-16(21)22/h1-6,9,13-14,20H,7H2,(H,18,19)(H,21,22). The highest BCUT2D eigenvalue weighted by Crippen LogP contribution is 2.40. The van der Waals surface area contributed by atoms with E-state index in [1.165, 1.54) is 0 Å². The van der Waals surface area contributed by atoms with Gasteiger partial charge in [-0.1, -0.05) is 12.1 Å². The van der Waals surface area contributed by atoms with Crippen molar-refractivity contribution in [2.24, 2.45) is 0 Å². The van der Waals surface area contributed by atoms with Crippen LogP contribution in [-0.2, 0) is 0 Å². The zero-order valence-corrected chi connectivity index (χ0v) is 11.7. The van der Waals surface area contributed by atoms with Crippen LogP contribution < -0.4 is 10.6 Å². The lowest BCUT2D eigenvalue weighted by Crippen LogP contribution is -2.24. The predicted octanol–water partition coefficient (Wildman–Crippen LogP) is 2.82. The smallest absolute Gasteiger partial charge is 0.404 e. The first-order chi connectivity index (χ1) is 10.7. The molecule has 1 saturated carbocycles. The first-order valence-electron chi connectivity index (χ1n) is 6.88. The minimum absolute atomic E-state index is 0.00887. The molecule has 1 aliphatic carbocycles. The van der Waals surface area contributed by atoms with E-state index in [9.17, 15) is 4.79 Å². The summed E-state index contributed by atoms with van der Waals surface area (Å²) in [4.78, 5) is 14.9. The lowest BCUT2D eigenvalue weighted by molar-refractivity contribution is 0.193. The Kier molecular flexibility index (Phi) is 3.62. The summed E-state index contributed by atoms with van der Waals surface area (Å²) in [5.41, 5.74) is 2.41. The SMILES string of the molecule is N#Cc1cccc(Nc2ccc(C3CC3NC(=O)O)cn2)c1. The van der Waals surface area contributed by atoms with Gasteiger partial charge in [0.1, 0.15) is 5.82 Å². The number of hydrogen-bond acceptors (Lipinski definition) is 4. The summed E-state index contributed by atoms with van der Waals surface area (Å²) in [7, 11) is 0. The Morgan fingerprint density at radius 2 is 2.23 bits per heavy atom. The van der Waals surface area contributed by atoms with Gasteiger partial charge in [0.2, 0.25) is 0 Å². The van der Waals surface area contributed by atoms with Crippen molar-refractivity contribution in [2.75, 3.05) is 5.32 Å². The number of nitriles is 1. The minimum Gasteiger partial charge on any atom is -0.465 e. The maximum absolute atomic E-state index is 10.6. The molecule has 0 aliphatic heterocycles. The fourth-order valence-corrected chi connectivity index (χ4v) is 2.39. The second-order valence-electron chi connectivity index (χ2n) is 5.19. The van der Waals surface area contributed by atoms with Gasteiger partial charge in [0.05, 0.1) is 11.6 Å². The van der Waals surface area contributed by atoms with Gasteiger partial charge in [0, 0.05) is 23.8 Å². The quantitative estimate of drug-likeness (QED) is 0.805. The van der Waals surface area contributed by atoms with E-state index in [-0.39, 0.29) is 12.0 Å². The average Bonchev–Trinajstić information content (AvgIpc) is 3.26. The summed E-state index contributed by atoms with van der Waals surface area (Å²) < 4.78 is 0. The Labute approximate surface area is 127 Å². The number of amides is 1. The summed E-state index contributed by atoms with van der Waals surface area (Å²) in [6, 6.07) is 13.0. The number of rotatable bonds is 4. The van der Waals surface area contributed by atoms with E-state index >= 15 is 0 Å². The van der Waals surface area contributed by atoms with Crippen LogP contribution in [0, 0.1) is 11.3 Å². The van der Waals surface area contributed by atoms with Crippen LogP contribution in [0.25, 0.3) is 0 Å². The lowest BCUT2D eigenvalue weighted by atomic mass is 10.2. The average molecular weight is 294 g/mol. The molecule has 1 heterocycles. The van der Waals surface area contributed by atoms with Crippen LogP contribution >= 0.6 is 0 Å². The number of nitrogens with one attached hydrogen (secondary N) is 2. The van der Waals surface area contributed by atoms with E-state index in [4.69, 9.17) is 10.4 Å². The molecule has 2 aromatic rings. The Morgan fingerprint density at radius 3 is 2.91 bits per heavy atom. The second-order valence-corrected chi connectivity index (χ2v) is 5.19. The number of carboxylic acid groups (broad SMARTS) is 1. The van der Waals surface area contributed by atoms with Crippen LogP contribution in [0.15, 0.2) is 42.6 Å². The van der Waals surface area contributed by atoms with Crippen molar-refractivity contribution >= 4 is 17.6 Å². The fraction of sp³-hybridized carbons (Fsp3) is 0.188. The third kappa shape index (κ3) is 3.15. The Bertz CT molecular complexity index is 737. The van der Waals surface area contributed by atoms with E-state index in [0.29, 0.717) is 11.4 Å². The third-order valence-corrected chi connectivity index (χ3v) is 3.58. The maximum Gasteiger partial charge on any atom is 0.404 e. The molecule has 1 fully saturated rings. The molecule has 0 spiro atoms. The highest BCUT2D eigenvalue weighted by atomic mass is 16.4. The molecule has 22 heavy (non-hydrogen) atoms. The molecule has 2 atom stereocenters.